The summed E-state index contributed by atoms with van der Waals surface area (Å²) in [4.78, 5) is 23.7. The molecule has 0 saturated carbocycles. The minimum absolute atomic E-state index is 0. The SMILES string of the molecule is COCCNCC(=O)Nc1cccc(NC(=O)c2ccoc2)c1.Cl. The average molecular weight is 354 g/mol. The van der Waals surface area contributed by atoms with Gasteiger partial charge in [-0.1, -0.05) is 6.07 Å². The Kier molecular flexibility index (Phi) is 8.56. The molecule has 0 bridgehead atoms. The van der Waals surface area contributed by atoms with Gasteiger partial charge in [0, 0.05) is 25.0 Å². The van der Waals surface area contributed by atoms with Gasteiger partial charge in [-0.3, -0.25) is 9.59 Å². The number of carbonyl (C=O) groups is 2. The standard InChI is InChI=1S/C16H19N3O4.ClH/c1-22-8-6-17-10-15(20)18-13-3-2-4-14(9-13)19-16(21)12-5-7-23-11-12;/h2-5,7,9,11,17H,6,8,10H2,1H3,(H,18,20)(H,19,21);1H. The number of furan rings is 1. The molecule has 0 radical (unpaired) electrons. The second-order valence-corrected chi connectivity index (χ2v) is 4.76. The Balaban J connectivity index is 0.00000288. The van der Waals surface area contributed by atoms with Crippen LogP contribution in [0.15, 0.2) is 47.3 Å². The number of halogens is 1. The molecular weight excluding hydrogens is 334 g/mol. The molecule has 0 aliphatic carbocycles. The molecule has 1 aromatic heterocycles. The fraction of sp³-hybridized carbons (Fsp3) is 0.250. The normalized spacial score (nSPS) is 9.88. The van der Waals surface area contributed by atoms with E-state index in [2.05, 4.69) is 16.0 Å². The maximum Gasteiger partial charge on any atom is 0.258 e. The molecule has 1 aromatic carbocycles. The van der Waals surface area contributed by atoms with Gasteiger partial charge in [-0.05, 0) is 24.3 Å². The summed E-state index contributed by atoms with van der Waals surface area (Å²) in [5.74, 6) is -0.442. The van der Waals surface area contributed by atoms with Gasteiger partial charge in [0.15, 0.2) is 0 Å². The van der Waals surface area contributed by atoms with E-state index in [-0.39, 0.29) is 30.8 Å². The molecule has 130 valence electrons. The summed E-state index contributed by atoms with van der Waals surface area (Å²) in [6.45, 7) is 1.34. The van der Waals surface area contributed by atoms with Crippen molar-refractivity contribution in [1.29, 1.82) is 0 Å². The van der Waals surface area contributed by atoms with Gasteiger partial charge in [0.25, 0.3) is 5.91 Å². The highest BCUT2D eigenvalue weighted by Crippen LogP contribution is 2.16. The minimum Gasteiger partial charge on any atom is -0.472 e. The van der Waals surface area contributed by atoms with Crippen LogP contribution in [0.4, 0.5) is 11.4 Å². The van der Waals surface area contributed by atoms with Gasteiger partial charge in [-0.15, -0.1) is 12.4 Å². The number of benzene rings is 1. The highest BCUT2D eigenvalue weighted by molar-refractivity contribution is 6.04. The van der Waals surface area contributed by atoms with Crippen LogP contribution in [0, 0.1) is 0 Å². The van der Waals surface area contributed by atoms with Gasteiger partial charge in [0.05, 0.1) is 25.0 Å². The fourth-order valence-corrected chi connectivity index (χ4v) is 1.85. The van der Waals surface area contributed by atoms with E-state index in [4.69, 9.17) is 9.15 Å². The Hall–Kier alpha value is -2.35. The molecule has 8 heteroatoms. The average Bonchev–Trinajstić information content (AvgIpc) is 3.06. The molecule has 2 amide bonds. The lowest BCUT2D eigenvalue weighted by Gasteiger charge is -2.09. The molecule has 1 heterocycles. The third-order valence-corrected chi connectivity index (χ3v) is 2.96. The zero-order valence-electron chi connectivity index (χ0n) is 13.2. The third kappa shape index (κ3) is 6.41. The van der Waals surface area contributed by atoms with Crippen molar-refractivity contribution in [2.45, 2.75) is 0 Å². The van der Waals surface area contributed by atoms with Gasteiger partial charge in [-0.25, -0.2) is 0 Å². The van der Waals surface area contributed by atoms with Crippen LogP contribution < -0.4 is 16.0 Å². The lowest BCUT2D eigenvalue weighted by atomic mass is 10.2. The van der Waals surface area contributed by atoms with Crippen LogP contribution in [-0.2, 0) is 9.53 Å². The van der Waals surface area contributed by atoms with Crippen LogP contribution in [0.5, 0.6) is 0 Å². The van der Waals surface area contributed by atoms with Crippen molar-refractivity contribution in [2.75, 3.05) is 37.4 Å². The van der Waals surface area contributed by atoms with Crippen molar-refractivity contribution in [3.05, 3.63) is 48.4 Å². The Morgan fingerprint density at radius 2 is 1.92 bits per heavy atom. The smallest absolute Gasteiger partial charge is 0.258 e. The molecule has 0 saturated heterocycles. The molecule has 24 heavy (non-hydrogen) atoms. The van der Waals surface area contributed by atoms with E-state index in [1.54, 1.807) is 37.4 Å². The second kappa shape index (κ2) is 10.4. The van der Waals surface area contributed by atoms with Crippen LogP contribution in [0.25, 0.3) is 0 Å². The van der Waals surface area contributed by atoms with Gasteiger partial charge < -0.3 is 25.1 Å². The number of methoxy groups -OCH3 is 1. The lowest BCUT2D eigenvalue weighted by molar-refractivity contribution is -0.115. The molecule has 0 atom stereocenters. The largest absolute Gasteiger partial charge is 0.472 e. The monoisotopic (exact) mass is 353 g/mol. The van der Waals surface area contributed by atoms with Crippen LogP contribution in [0.1, 0.15) is 10.4 Å². The van der Waals surface area contributed by atoms with E-state index in [9.17, 15) is 9.59 Å². The van der Waals surface area contributed by atoms with Crippen molar-refractivity contribution in [2.24, 2.45) is 0 Å². The summed E-state index contributed by atoms with van der Waals surface area (Å²) in [7, 11) is 1.60. The molecule has 0 spiro atoms. The van der Waals surface area contributed by atoms with E-state index in [0.717, 1.165) is 0 Å². The lowest BCUT2D eigenvalue weighted by Crippen LogP contribution is -2.30. The number of rotatable bonds is 8. The van der Waals surface area contributed by atoms with E-state index in [0.29, 0.717) is 30.1 Å². The summed E-state index contributed by atoms with van der Waals surface area (Å²) < 4.78 is 9.75. The molecule has 7 nitrogen and oxygen atoms in total. The van der Waals surface area contributed by atoms with E-state index >= 15 is 0 Å². The Labute approximate surface area is 146 Å². The quantitative estimate of drug-likeness (QED) is 0.632. The molecular formula is C16H20ClN3O4. The first-order valence-corrected chi connectivity index (χ1v) is 7.12. The van der Waals surface area contributed by atoms with E-state index in [1.807, 2.05) is 0 Å². The minimum atomic E-state index is -0.275. The number of anilines is 2. The van der Waals surface area contributed by atoms with Crippen molar-refractivity contribution < 1.29 is 18.7 Å². The van der Waals surface area contributed by atoms with Crippen molar-refractivity contribution >= 4 is 35.6 Å². The van der Waals surface area contributed by atoms with Gasteiger partial charge >= 0.3 is 0 Å². The summed E-state index contributed by atoms with van der Waals surface area (Å²) in [6.07, 6.45) is 2.80. The molecule has 3 N–H and O–H groups in total. The van der Waals surface area contributed by atoms with Crippen molar-refractivity contribution in [3.8, 4) is 0 Å². The molecule has 0 fully saturated rings. The number of amides is 2. The molecule has 0 aliphatic rings. The number of hydrogen-bond acceptors (Lipinski definition) is 5. The number of hydrogen-bond donors (Lipinski definition) is 3. The predicted molar refractivity (Wildman–Crippen MR) is 93.7 cm³/mol. The fourth-order valence-electron chi connectivity index (χ4n) is 1.85. The van der Waals surface area contributed by atoms with Crippen LogP contribution >= 0.6 is 12.4 Å². The summed E-state index contributed by atoms with van der Waals surface area (Å²) in [5, 5.41) is 8.45. The number of ether oxygens (including phenoxy) is 1. The predicted octanol–water partition coefficient (Wildman–Crippen LogP) is 2.13. The Bertz CT molecular complexity index is 647. The molecule has 0 aliphatic heterocycles. The Morgan fingerprint density at radius 3 is 2.58 bits per heavy atom. The molecule has 2 rings (SSSR count). The van der Waals surface area contributed by atoms with E-state index < -0.39 is 0 Å². The second-order valence-electron chi connectivity index (χ2n) is 4.76. The number of carbonyl (C=O) groups excluding carboxylic acids is 2. The van der Waals surface area contributed by atoms with Crippen molar-refractivity contribution in [3.63, 3.8) is 0 Å². The first kappa shape index (κ1) is 19.7. The zero-order valence-corrected chi connectivity index (χ0v) is 14.0. The van der Waals surface area contributed by atoms with Crippen LogP contribution in [-0.4, -0.2) is 38.6 Å². The maximum atomic E-state index is 11.9. The Morgan fingerprint density at radius 1 is 1.17 bits per heavy atom. The van der Waals surface area contributed by atoms with E-state index in [1.165, 1.54) is 12.5 Å². The van der Waals surface area contributed by atoms with Crippen LogP contribution in [0.3, 0.4) is 0 Å². The topological polar surface area (TPSA) is 92.6 Å². The van der Waals surface area contributed by atoms with Gasteiger partial charge in [-0.2, -0.15) is 0 Å². The molecule has 2 aromatic rings. The van der Waals surface area contributed by atoms with Crippen LogP contribution in [0.2, 0.25) is 0 Å². The highest BCUT2D eigenvalue weighted by Gasteiger charge is 2.08. The first-order valence-electron chi connectivity index (χ1n) is 7.12. The summed E-state index contributed by atoms with van der Waals surface area (Å²) in [6, 6.07) is 8.50. The zero-order chi connectivity index (χ0) is 16.5. The number of nitrogens with one attached hydrogen (secondary N) is 3. The summed E-state index contributed by atoms with van der Waals surface area (Å²) in [5.41, 5.74) is 1.62. The third-order valence-electron chi connectivity index (χ3n) is 2.96. The van der Waals surface area contributed by atoms with Gasteiger partial charge in [0.1, 0.15) is 6.26 Å². The van der Waals surface area contributed by atoms with Crippen molar-refractivity contribution in [1.82, 2.24) is 5.32 Å². The van der Waals surface area contributed by atoms with Gasteiger partial charge in [0.2, 0.25) is 5.91 Å². The maximum absolute atomic E-state index is 11.9. The highest BCUT2D eigenvalue weighted by atomic mass is 35.5. The first-order chi connectivity index (χ1) is 11.2. The molecule has 0 unspecified atom stereocenters. The summed E-state index contributed by atoms with van der Waals surface area (Å²) >= 11 is 0.